The normalized spacial score (nSPS) is 12.2. The van der Waals surface area contributed by atoms with E-state index in [1.165, 1.54) is 18.2 Å². The van der Waals surface area contributed by atoms with Gasteiger partial charge in [0.2, 0.25) is 0 Å². The number of aliphatic hydroxyl groups excluding tert-OH is 1. The van der Waals surface area contributed by atoms with Gasteiger partial charge in [-0.3, -0.25) is 0 Å². The van der Waals surface area contributed by atoms with E-state index in [0.717, 1.165) is 0 Å². The number of benzene rings is 2. The Morgan fingerprint density at radius 2 is 1.89 bits per heavy atom. The zero-order chi connectivity index (χ0) is 13.1. The molecule has 0 aliphatic heterocycles. The van der Waals surface area contributed by atoms with E-state index in [1.807, 2.05) is 12.1 Å². The van der Waals surface area contributed by atoms with Gasteiger partial charge >= 0.3 is 0 Å². The van der Waals surface area contributed by atoms with Crippen LogP contribution in [0.3, 0.4) is 0 Å². The van der Waals surface area contributed by atoms with E-state index in [1.54, 1.807) is 19.1 Å². The summed E-state index contributed by atoms with van der Waals surface area (Å²) in [6.07, 6.45) is -0.625. The van der Waals surface area contributed by atoms with Crippen molar-refractivity contribution >= 4 is 15.9 Å². The molecule has 2 rings (SSSR count). The molecule has 0 saturated carbocycles. The zero-order valence-corrected chi connectivity index (χ0v) is 11.3. The van der Waals surface area contributed by atoms with Crippen LogP contribution in [0.4, 0.5) is 4.39 Å². The average Bonchev–Trinajstić information content (AvgIpc) is 2.33. The summed E-state index contributed by atoms with van der Waals surface area (Å²) in [4.78, 5) is 0. The number of rotatable bonds is 3. The summed E-state index contributed by atoms with van der Waals surface area (Å²) in [5.74, 6) is 0.724. The van der Waals surface area contributed by atoms with Crippen LogP contribution in [-0.2, 0) is 0 Å². The van der Waals surface area contributed by atoms with Gasteiger partial charge in [-0.2, -0.15) is 0 Å². The van der Waals surface area contributed by atoms with Gasteiger partial charge in [0.15, 0.2) is 0 Å². The third-order valence-corrected chi connectivity index (χ3v) is 3.10. The van der Waals surface area contributed by atoms with E-state index >= 15 is 0 Å². The number of halogens is 2. The highest BCUT2D eigenvalue weighted by molar-refractivity contribution is 9.10. The van der Waals surface area contributed by atoms with E-state index in [2.05, 4.69) is 15.9 Å². The molecule has 0 spiro atoms. The van der Waals surface area contributed by atoms with E-state index in [4.69, 9.17) is 4.74 Å². The molecule has 0 amide bonds. The van der Waals surface area contributed by atoms with E-state index in [-0.39, 0.29) is 5.82 Å². The second-order valence-corrected chi connectivity index (χ2v) is 4.74. The molecule has 2 aromatic rings. The van der Waals surface area contributed by atoms with Crippen molar-refractivity contribution in [1.82, 2.24) is 0 Å². The van der Waals surface area contributed by atoms with Gasteiger partial charge in [0.1, 0.15) is 17.3 Å². The standard InChI is InChI=1S/C14H12BrFO2/c1-9(17)11-4-2-3-5-13(11)18-14-7-6-10(16)8-12(14)15/h2-9,17H,1H3/t9-/m0/s1. The Hall–Kier alpha value is -1.39. The maximum absolute atomic E-state index is 13.0. The van der Waals surface area contributed by atoms with Crippen LogP contribution < -0.4 is 4.74 Å². The Kier molecular flexibility index (Phi) is 3.99. The van der Waals surface area contributed by atoms with Crippen LogP contribution in [0.5, 0.6) is 11.5 Å². The van der Waals surface area contributed by atoms with Crippen LogP contribution >= 0.6 is 15.9 Å². The molecule has 0 bridgehead atoms. The van der Waals surface area contributed by atoms with Crippen LogP contribution in [0.25, 0.3) is 0 Å². The van der Waals surface area contributed by atoms with Crippen molar-refractivity contribution in [2.24, 2.45) is 0 Å². The summed E-state index contributed by atoms with van der Waals surface area (Å²) in [6.45, 7) is 1.67. The van der Waals surface area contributed by atoms with Crippen molar-refractivity contribution < 1.29 is 14.2 Å². The largest absolute Gasteiger partial charge is 0.456 e. The Labute approximate surface area is 113 Å². The van der Waals surface area contributed by atoms with Gasteiger partial charge in [-0.15, -0.1) is 0 Å². The number of para-hydroxylation sites is 1. The highest BCUT2D eigenvalue weighted by Crippen LogP contribution is 2.33. The summed E-state index contributed by atoms with van der Waals surface area (Å²) in [7, 11) is 0. The molecule has 18 heavy (non-hydrogen) atoms. The third kappa shape index (κ3) is 2.89. The fourth-order valence-corrected chi connectivity index (χ4v) is 2.03. The summed E-state index contributed by atoms with van der Waals surface area (Å²) in [6, 6.07) is 11.4. The summed E-state index contributed by atoms with van der Waals surface area (Å²) in [5.41, 5.74) is 0.689. The Balaban J connectivity index is 2.34. The lowest BCUT2D eigenvalue weighted by Gasteiger charge is -2.13. The predicted molar refractivity (Wildman–Crippen MR) is 71.2 cm³/mol. The highest BCUT2D eigenvalue weighted by atomic mass is 79.9. The van der Waals surface area contributed by atoms with Gasteiger partial charge in [0.25, 0.3) is 0 Å². The summed E-state index contributed by atoms with van der Waals surface area (Å²) < 4.78 is 19.2. The Morgan fingerprint density at radius 1 is 1.17 bits per heavy atom. The molecule has 0 radical (unpaired) electrons. The fourth-order valence-electron chi connectivity index (χ4n) is 1.60. The third-order valence-electron chi connectivity index (χ3n) is 2.48. The molecule has 4 heteroatoms. The average molecular weight is 311 g/mol. The van der Waals surface area contributed by atoms with Gasteiger partial charge in [-0.25, -0.2) is 4.39 Å². The number of hydrogen-bond donors (Lipinski definition) is 1. The molecule has 0 unspecified atom stereocenters. The molecule has 1 N–H and O–H groups in total. The molecular formula is C14H12BrFO2. The van der Waals surface area contributed by atoms with Crippen LogP contribution in [0.2, 0.25) is 0 Å². The molecule has 2 aromatic carbocycles. The number of hydrogen-bond acceptors (Lipinski definition) is 2. The van der Waals surface area contributed by atoms with E-state index in [0.29, 0.717) is 21.5 Å². The minimum Gasteiger partial charge on any atom is -0.456 e. The maximum atomic E-state index is 13.0. The van der Waals surface area contributed by atoms with Crippen molar-refractivity contribution in [1.29, 1.82) is 0 Å². The molecule has 1 atom stereocenters. The maximum Gasteiger partial charge on any atom is 0.141 e. The Bertz CT molecular complexity index is 555. The quantitative estimate of drug-likeness (QED) is 0.908. The first-order chi connectivity index (χ1) is 8.58. The number of ether oxygens (including phenoxy) is 1. The van der Waals surface area contributed by atoms with Crippen molar-refractivity contribution in [2.45, 2.75) is 13.0 Å². The van der Waals surface area contributed by atoms with Crippen molar-refractivity contribution in [3.8, 4) is 11.5 Å². The monoisotopic (exact) mass is 310 g/mol. The SMILES string of the molecule is C[C@H](O)c1ccccc1Oc1ccc(F)cc1Br. The molecule has 0 aromatic heterocycles. The van der Waals surface area contributed by atoms with E-state index < -0.39 is 6.10 Å². The van der Waals surface area contributed by atoms with E-state index in [9.17, 15) is 9.50 Å². The molecule has 0 aliphatic rings. The minimum absolute atomic E-state index is 0.335. The van der Waals surface area contributed by atoms with Crippen LogP contribution in [0.1, 0.15) is 18.6 Å². The van der Waals surface area contributed by atoms with Crippen LogP contribution in [-0.4, -0.2) is 5.11 Å². The smallest absolute Gasteiger partial charge is 0.141 e. The predicted octanol–water partition coefficient (Wildman–Crippen LogP) is 4.43. The second-order valence-electron chi connectivity index (χ2n) is 3.89. The Morgan fingerprint density at radius 3 is 2.56 bits per heavy atom. The summed E-state index contributed by atoms with van der Waals surface area (Å²) >= 11 is 3.24. The first-order valence-corrected chi connectivity index (χ1v) is 6.27. The lowest BCUT2D eigenvalue weighted by Crippen LogP contribution is -1.96. The van der Waals surface area contributed by atoms with Crippen molar-refractivity contribution in [3.63, 3.8) is 0 Å². The molecular weight excluding hydrogens is 299 g/mol. The molecule has 94 valence electrons. The molecule has 0 fully saturated rings. The first-order valence-electron chi connectivity index (χ1n) is 5.48. The van der Waals surface area contributed by atoms with Crippen LogP contribution in [0.15, 0.2) is 46.9 Å². The van der Waals surface area contributed by atoms with Gasteiger partial charge in [0.05, 0.1) is 10.6 Å². The van der Waals surface area contributed by atoms with Gasteiger partial charge in [-0.05, 0) is 47.1 Å². The molecule has 0 heterocycles. The van der Waals surface area contributed by atoms with Crippen LogP contribution in [0, 0.1) is 5.82 Å². The molecule has 0 saturated heterocycles. The highest BCUT2D eigenvalue weighted by Gasteiger charge is 2.11. The minimum atomic E-state index is -0.625. The lowest BCUT2D eigenvalue weighted by molar-refractivity contribution is 0.195. The van der Waals surface area contributed by atoms with Crippen molar-refractivity contribution in [2.75, 3.05) is 0 Å². The number of aliphatic hydroxyl groups is 1. The zero-order valence-electron chi connectivity index (χ0n) is 9.73. The fraction of sp³-hybridized carbons (Fsp3) is 0.143. The van der Waals surface area contributed by atoms with Crippen molar-refractivity contribution in [3.05, 3.63) is 58.3 Å². The molecule has 2 nitrogen and oxygen atoms in total. The lowest BCUT2D eigenvalue weighted by atomic mass is 10.1. The second kappa shape index (κ2) is 5.50. The van der Waals surface area contributed by atoms with Gasteiger partial charge < -0.3 is 9.84 Å². The summed E-state index contributed by atoms with van der Waals surface area (Å²) in [5, 5.41) is 9.64. The molecule has 0 aliphatic carbocycles. The van der Waals surface area contributed by atoms with Gasteiger partial charge in [-0.1, -0.05) is 18.2 Å². The first kappa shape index (κ1) is 13.1. The topological polar surface area (TPSA) is 29.5 Å². The van der Waals surface area contributed by atoms with Gasteiger partial charge in [0, 0.05) is 5.56 Å².